The molecule has 1 atom stereocenters. The first-order valence-electron chi connectivity index (χ1n) is 13.2. The van der Waals surface area contributed by atoms with Crippen molar-refractivity contribution in [2.75, 3.05) is 11.5 Å². The van der Waals surface area contributed by atoms with Gasteiger partial charge in [-0.2, -0.15) is 0 Å². The first-order chi connectivity index (χ1) is 20.2. The molecule has 214 valence electrons. The highest BCUT2D eigenvalue weighted by Gasteiger charge is 2.48. The van der Waals surface area contributed by atoms with E-state index in [9.17, 15) is 23.9 Å². The van der Waals surface area contributed by atoms with Crippen molar-refractivity contribution >= 4 is 39.9 Å². The van der Waals surface area contributed by atoms with Crippen molar-refractivity contribution in [2.24, 2.45) is 0 Å². The minimum Gasteiger partial charge on any atom is -0.507 e. The monoisotopic (exact) mass is 586 g/mol. The van der Waals surface area contributed by atoms with Gasteiger partial charge < -0.3 is 14.6 Å². The summed E-state index contributed by atoms with van der Waals surface area (Å²) in [5.74, 6) is -2.80. The van der Waals surface area contributed by atoms with Crippen LogP contribution >= 0.6 is 11.3 Å². The summed E-state index contributed by atoms with van der Waals surface area (Å²) < 4.78 is 24.9. The zero-order chi connectivity index (χ0) is 30.0. The summed E-state index contributed by atoms with van der Waals surface area (Å²) in [6.07, 6.45) is 0. The molecule has 0 spiro atoms. The Morgan fingerprint density at radius 3 is 2.43 bits per heavy atom. The molecular formula is C32H27FN2O6S. The summed E-state index contributed by atoms with van der Waals surface area (Å²) in [6.45, 7) is 5.53. The van der Waals surface area contributed by atoms with E-state index in [1.54, 1.807) is 39.0 Å². The van der Waals surface area contributed by atoms with Gasteiger partial charge in [0.25, 0.3) is 5.78 Å². The van der Waals surface area contributed by atoms with Gasteiger partial charge in [-0.05, 0) is 67.8 Å². The standard InChI is InChI=1S/C32H27FN2O6S/c1-4-40-31(39)29-19(3)34-32(42-29)35-26(21-10-12-22(33)13-11-21)25(28(37)30(35)38)27(36)24-15-14-23(16-18(24)2)41-17-20-8-6-5-7-9-20/h5-16,26,36H,4,17H2,1-3H3/b27-25-. The summed E-state index contributed by atoms with van der Waals surface area (Å²) >= 11 is 0.903. The van der Waals surface area contributed by atoms with Crippen LogP contribution in [0.5, 0.6) is 5.75 Å². The van der Waals surface area contributed by atoms with Crippen LogP contribution in [-0.2, 0) is 20.9 Å². The van der Waals surface area contributed by atoms with Crippen LogP contribution in [0, 0.1) is 19.7 Å². The largest absolute Gasteiger partial charge is 0.507 e. The maximum absolute atomic E-state index is 13.9. The highest BCUT2D eigenvalue weighted by molar-refractivity contribution is 7.17. The number of amides is 1. The Labute approximate surface area is 245 Å². The van der Waals surface area contributed by atoms with Crippen LogP contribution in [0.4, 0.5) is 9.52 Å². The molecule has 1 amide bonds. The number of carbonyl (C=O) groups excluding carboxylic acids is 3. The number of aryl methyl sites for hydroxylation is 2. The number of nitrogens with zero attached hydrogens (tertiary/aromatic N) is 2. The first kappa shape index (κ1) is 28.7. The van der Waals surface area contributed by atoms with Crippen LogP contribution in [0.15, 0.2) is 78.4 Å². The Hall–Kier alpha value is -4.83. The van der Waals surface area contributed by atoms with E-state index in [0.29, 0.717) is 34.7 Å². The van der Waals surface area contributed by atoms with Crippen LogP contribution in [-0.4, -0.2) is 34.4 Å². The summed E-state index contributed by atoms with van der Waals surface area (Å²) in [5, 5.41) is 11.6. The van der Waals surface area contributed by atoms with Crippen LogP contribution in [0.2, 0.25) is 0 Å². The number of aliphatic hydroxyl groups excluding tert-OH is 1. The van der Waals surface area contributed by atoms with Crippen molar-refractivity contribution < 1.29 is 33.4 Å². The quantitative estimate of drug-likeness (QED) is 0.112. The molecule has 1 N–H and O–H groups in total. The minimum atomic E-state index is -1.13. The van der Waals surface area contributed by atoms with E-state index in [1.165, 1.54) is 24.3 Å². The number of aliphatic hydroxyl groups is 1. The predicted octanol–water partition coefficient (Wildman–Crippen LogP) is 6.28. The molecule has 1 fully saturated rings. The van der Waals surface area contributed by atoms with Gasteiger partial charge in [-0.3, -0.25) is 14.5 Å². The van der Waals surface area contributed by atoms with E-state index in [4.69, 9.17) is 9.47 Å². The molecule has 4 aromatic rings. The molecule has 1 aromatic heterocycles. The second-order valence-electron chi connectivity index (χ2n) is 9.60. The number of Topliss-reactive ketones (excluding diaryl/α,β-unsaturated/α-hetero) is 1. The van der Waals surface area contributed by atoms with Crippen molar-refractivity contribution in [2.45, 2.75) is 33.4 Å². The number of benzene rings is 3. The normalized spacial score (nSPS) is 16.1. The van der Waals surface area contributed by atoms with Gasteiger partial charge in [-0.15, -0.1) is 0 Å². The van der Waals surface area contributed by atoms with E-state index >= 15 is 0 Å². The third-order valence-electron chi connectivity index (χ3n) is 6.78. The molecule has 1 unspecified atom stereocenters. The van der Waals surface area contributed by atoms with Gasteiger partial charge in [0.2, 0.25) is 0 Å². The smallest absolute Gasteiger partial charge is 0.350 e. The van der Waals surface area contributed by atoms with Crippen LogP contribution in [0.1, 0.15) is 50.6 Å². The highest BCUT2D eigenvalue weighted by atomic mass is 32.1. The van der Waals surface area contributed by atoms with Gasteiger partial charge in [-0.25, -0.2) is 14.2 Å². The minimum absolute atomic E-state index is 0.0763. The second-order valence-corrected chi connectivity index (χ2v) is 10.6. The maximum atomic E-state index is 13.9. The van der Waals surface area contributed by atoms with E-state index < -0.39 is 35.3 Å². The van der Waals surface area contributed by atoms with E-state index in [2.05, 4.69) is 4.98 Å². The average molecular weight is 587 g/mol. The number of aromatic nitrogens is 1. The van der Waals surface area contributed by atoms with Gasteiger partial charge in [0.1, 0.15) is 28.8 Å². The molecule has 8 nitrogen and oxygen atoms in total. The van der Waals surface area contributed by atoms with Crippen LogP contribution < -0.4 is 9.64 Å². The molecule has 5 rings (SSSR count). The molecule has 0 saturated carbocycles. The zero-order valence-electron chi connectivity index (χ0n) is 23.1. The number of halogens is 1. The number of ether oxygens (including phenoxy) is 2. The van der Waals surface area contributed by atoms with Crippen LogP contribution in [0.25, 0.3) is 5.76 Å². The molecule has 0 radical (unpaired) electrons. The number of hydrogen-bond acceptors (Lipinski definition) is 8. The van der Waals surface area contributed by atoms with Gasteiger partial charge in [-0.1, -0.05) is 53.8 Å². The highest BCUT2D eigenvalue weighted by Crippen LogP contribution is 2.44. The molecule has 42 heavy (non-hydrogen) atoms. The topological polar surface area (TPSA) is 106 Å². The second kappa shape index (κ2) is 12.0. The van der Waals surface area contributed by atoms with Crippen LogP contribution in [0.3, 0.4) is 0 Å². The molecule has 0 bridgehead atoms. The van der Waals surface area contributed by atoms with Crippen molar-refractivity contribution in [3.8, 4) is 5.75 Å². The summed E-state index contributed by atoms with van der Waals surface area (Å²) in [7, 11) is 0. The fourth-order valence-electron chi connectivity index (χ4n) is 4.74. The SMILES string of the molecule is CCOC(=O)c1sc(N2C(=O)C(=O)/C(=C(\O)c3ccc(OCc4ccccc4)cc3C)C2c2ccc(F)cc2)nc1C. The fourth-order valence-corrected chi connectivity index (χ4v) is 5.73. The Balaban J connectivity index is 1.57. The zero-order valence-corrected chi connectivity index (χ0v) is 23.9. The predicted molar refractivity (Wildman–Crippen MR) is 156 cm³/mol. The van der Waals surface area contributed by atoms with Crippen molar-refractivity contribution in [1.29, 1.82) is 0 Å². The lowest BCUT2D eigenvalue weighted by atomic mass is 9.94. The lowest BCUT2D eigenvalue weighted by Crippen LogP contribution is -2.29. The Morgan fingerprint density at radius 1 is 1.05 bits per heavy atom. The number of rotatable bonds is 8. The summed E-state index contributed by atoms with van der Waals surface area (Å²) in [5.41, 5.74) is 2.45. The van der Waals surface area contributed by atoms with Crippen molar-refractivity contribution in [1.82, 2.24) is 4.98 Å². The molecule has 1 saturated heterocycles. The lowest BCUT2D eigenvalue weighted by molar-refractivity contribution is -0.132. The molecule has 2 heterocycles. The Kier molecular flexibility index (Phi) is 8.17. The number of ketones is 1. The van der Waals surface area contributed by atoms with Gasteiger partial charge in [0, 0.05) is 5.56 Å². The molecular weight excluding hydrogens is 559 g/mol. The number of carbonyl (C=O) groups is 3. The number of hydrogen-bond donors (Lipinski definition) is 1. The number of esters is 1. The molecule has 3 aromatic carbocycles. The third kappa shape index (κ3) is 5.53. The number of thiazole rings is 1. The van der Waals surface area contributed by atoms with Gasteiger partial charge in [0.05, 0.1) is 23.9 Å². The first-order valence-corrected chi connectivity index (χ1v) is 14.0. The summed E-state index contributed by atoms with van der Waals surface area (Å²) in [6, 6.07) is 18.8. The van der Waals surface area contributed by atoms with Gasteiger partial charge in [0.15, 0.2) is 5.13 Å². The molecule has 1 aliphatic rings. The Morgan fingerprint density at radius 2 is 1.76 bits per heavy atom. The maximum Gasteiger partial charge on any atom is 0.350 e. The van der Waals surface area contributed by atoms with Crippen molar-refractivity contribution in [3.05, 3.63) is 117 Å². The van der Waals surface area contributed by atoms with E-state index in [-0.39, 0.29) is 22.2 Å². The number of anilines is 1. The molecule has 0 aliphatic carbocycles. The van der Waals surface area contributed by atoms with Crippen molar-refractivity contribution in [3.63, 3.8) is 0 Å². The summed E-state index contributed by atoms with van der Waals surface area (Å²) in [4.78, 5) is 45.1. The molecule has 10 heteroatoms. The van der Waals surface area contributed by atoms with E-state index in [1.807, 2.05) is 30.3 Å². The van der Waals surface area contributed by atoms with Gasteiger partial charge >= 0.3 is 11.9 Å². The fraction of sp³-hybridized carbons (Fsp3) is 0.188. The van der Waals surface area contributed by atoms with E-state index in [0.717, 1.165) is 21.8 Å². The Bertz CT molecular complexity index is 1700. The lowest BCUT2D eigenvalue weighted by Gasteiger charge is -2.23. The third-order valence-corrected chi connectivity index (χ3v) is 7.92. The average Bonchev–Trinajstić information content (AvgIpc) is 3.49. The molecule has 1 aliphatic heterocycles.